The molecule has 0 aliphatic rings. The largest absolute Gasteiger partial charge is 0.472 e. The number of carbonyl (C=O) groups excluding carboxylic acids is 4. The molecule has 5 atom stereocenters. The molecular formula is C86H168O17P2. The highest BCUT2D eigenvalue weighted by molar-refractivity contribution is 7.47. The first-order valence-electron chi connectivity index (χ1n) is 44.6. The lowest BCUT2D eigenvalue weighted by Gasteiger charge is -2.21. The summed E-state index contributed by atoms with van der Waals surface area (Å²) in [5, 5.41) is 10.7. The highest BCUT2D eigenvalue weighted by Crippen LogP contribution is 2.45. The molecule has 0 aromatic carbocycles. The standard InChI is InChI=1S/C86H168O17P2/c1-6-9-12-15-18-20-22-24-26-28-30-31-32-34-40-44-48-52-57-62-67-72-86(91)103-82(76-97-84(89)70-65-60-55-50-46-42-38-36-35-37-41-45-49-54-58-63-68-79(4)5)78-101-105(94,95)99-74-80(87)73-98-104(92,93)100-77-81(75-96-83(88)69-64-59-53-17-14-11-8-3)102-85(90)71-66-61-56-51-47-43-39-33-29-27-25-23-21-19-16-13-10-7-2/h79-82,87H,6-78H2,1-5H3,(H,92,93)(H,94,95)/t80-,81+,82+/m0/s1. The van der Waals surface area contributed by atoms with Gasteiger partial charge in [0.25, 0.3) is 0 Å². The molecule has 0 heterocycles. The summed E-state index contributed by atoms with van der Waals surface area (Å²) in [6, 6.07) is 0. The molecular weight excluding hydrogens is 1370 g/mol. The summed E-state index contributed by atoms with van der Waals surface area (Å²) in [5.74, 6) is -1.29. The van der Waals surface area contributed by atoms with Crippen molar-refractivity contribution in [3.63, 3.8) is 0 Å². The lowest BCUT2D eigenvalue weighted by molar-refractivity contribution is -0.161. The van der Waals surface area contributed by atoms with Gasteiger partial charge in [0.2, 0.25) is 0 Å². The predicted molar refractivity (Wildman–Crippen MR) is 432 cm³/mol. The summed E-state index contributed by atoms with van der Waals surface area (Å²) in [6.45, 7) is 7.35. The van der Waals surface area contributed by atoms with E-state index in [0.717, 1.165) is 109 Å². The zero-order valence-corrected chi connectivity index (χ0v) is 70.7. The smallest absolute Gasteiger partial charge is 0.462 e. The molecule has 19 heteroatoms. The maximum absolute atomic E-state index is 13.1. The molecule has 0 aliphatic heterocycles. The van der Waals surface area contributed by atoms with E-state index in [1.54, 1.807) is 0 Å². The number of carbonyl (C=O) groups is 4. The van der Waals surface area contributed by atoms with E-state index in [2.05, 4.69) is 34.6 Å². The molecule has 2 unspecified atom stereocenters. The van der Waals surface area contributed by atoms with Crippen LogP contribution in [0.1, 0.15) is 465 Å². The fourth-order valence-corrected chi connectivity index (χ4v) is 15.1. The van der Waals surface area contributed by atoms with E-state index in [1.807, 2.05) is 0 Å². The Kier molecular flexibility index (Phi) is 77.3. The number of phosphoric ester groups is 2. The van der Waals surface area contributed by atoms with Crippen LogP contribution in [0.25, 0.3) is 0 Å². The second kappa shape index (κ2) is 78.7. The fourth-order valence-electron chi connectivity index (χ4n) is 13.5. The van der Waals surface area contributed by atoms with Gasteiger partial charge in [-0.05, 0) is 31.6 Å². The summed E-state index contributed by atoms with van der Waals surface area (Å²) >= 11 is 0. The van der Waals surface area contributed by atoms with Gasteiger partial charge in [-0.15, -0.1) is 0 Å². The number of hydrogen-bond acceptors (Lipinski definition) is 15. The normalized spacial score (nSPS) is 13.8. The lowest BCUT2D eigenvalue weighted by Crippen LogP contribution is -2.30. The van der Waals surface area contributed by atoms with Crippen LogP contribution < -0.4 is 0 Å². The highest BCUT2D eigenvalue weighted by atomic mass is 31.2. The third kappa shape index (κ3) is 79.9. The van der Waals surface area contributed by atoms with Gasteiger partial charge in [0.05, 0.1) is 26.4 Å². The quantitative estimate of drug-likeness (QED) is 0.0222. The minimum atomic E-state index is -4.96. The van der Waals surface area contributed by atoms with Gasteiger partial charge in [0.15, 0.2) is 12.2 Å². The number of esters is 4. The lowest BCUT2D eigenvalue weighted by atomic mass is 10.0. The van der Waals surface area contributed by atoms with Crippen molar-refractivity contribution in [1.82, 2.24) is 0 Å². The number of unbranched alkanes of at least 4 members (excludes halogenated alkanes) is 58. The topological polar surface area (TPSA) is 237 Å². The third-order valence-corrected chi connectivity index (χ3v) is 22.2. The first-order chi connectivity index (χ1) is 51.0. The van der Waals surface area contributed by atoms with Crippen molar-refractivity contribution < 1.29 is 80.2 Å². The summed E-state index contributed by atoms with van der Waals surface area (Å²) < 4.78 is 68.8. The zero-order chi connectivity index (χ0) is 76.9. The van der Waals surface area contributed by atoms with Crippen LogP contribution in [0.2, 0.25) is 0 Å². The molecule has 0 saturated heterocycles. The number of phosphoric acid groups is 2. The average Bonchev–Trinajstić information content (AvgIpc) is 0.942. The number of ether oxygens (including phenoxy) is 4. The van der Waals surface area contributed by atoms with Crippen molar-refractivity contribution in [1.29, 1.82) is 0 Å². The van der Waals surface area contributed by atoms with E-state index in [4.69, 9.17) is 37.0 Å². The predicted octanol–water partition coefficient (Wildman–Crippen LogP) is 26.4. The van der Waals surface area contributed by atoms with Crippen molar-refractivity contribution >= 4 is 39.5 Å². The Morgan fingerprint density at radius 3 is 0.648 bits per heavy atom. The SMILES string of the molecule is CCCCCCCCCCCCCCCCCCCCCCCC(=O)O[C@H](COC(=O)CCCCCCCCCCCCCCCCCCC(C)C)COP(=O)(O)OC[C@@H](O)COP(=O)(O)OC[C@@H](COC(=O)CCCCCCCCC)OC(=O)CCCCCCCCCCCCCCCCCCCC. The maximum atomic E-state index is 13.1. The zero-order valence-electron chi connectivity index (χ0n) is 68.9. The van der Waals surface area contributed by atoms with Crippen LogP contribution in [-0.4, -0.2) is 96.7 Å². The van der Waals surface area contributed by atoms with E-state index in [-0.39, 0.29) is 25.7 Å². The number of aliphatic hydroxyl groups excluding tert-OH is 1. The molecule has 105 heavy (non-hydrogen) atoms. The molecule has 0 radical (unpaired) electrons. The van der Waals surface area contributed by atoms with Crippen molar-refractivity contribution in [2.45, 2.75) is 483 Å². The van der Waals surface area contributed by atoms with Crippen LogP contribution in [0.15, 0.2) is 0 Å². The van der Waals surface area contributed by atoms with Gasteiger partial charge in [-0.3, -0.25) is 37.3 Å². The summed E-state index contributed by atoms with van der Waals surface area (Å²) in [4.78, 5) is 73.1. The Bertz CT molecular complexity index is 2000. The Labute approximate surface area is 645 Å². The first kappa shape index (κ1) is 103. The van der Waals surface area contributed by atoms with Gasteiger partial charge in [-0.2, -0.15) is 0 Å². The van der Waals surface area contributed by atoms with Crippen molar-refractivity contribution in [3.05, 3.63) is 0 Å². The monoisotopic (exact) mass is 1540 g/mol. The molecule has 0 saturated carbocycles. The van der Waals surface area contributed by atoms with Gasteiger partial charge in [0.1, 0.15) is 19.3 Å². The maximum Gasteiger partial charge on any atom is 0.472 e. The molecule has 0 rings (SSSR count). The molecule has 17 nitrogen and oxygen atoms in total. The molecule has 3 N–H and O–H groups in total. The highest BCUT2D eigenvalue weighted by Gasteiger charge is 2.30. The van der Waals surface area contributed by atoms with Crippen LogP contribution in [0, 0.1) is 5.92 Å². The molecule has 0 amide bonds. The minimum absolute atomic E-state index is 0.109. The number of rotatable bonds is 86. The van der Waals surface area contributed by atoms with Crippen molar-refractivity contribution in [2.75, 3.05) is 39.6 Å². The van der Waals surface area contributed by atoms with Crippen LogP contribution in [0.3, 0.4) is 0 Å². The molecule has 0 spiro atoms. The van der Waals surface area contributed by atoms with Gasteiger partial charge in [0, 0.05) is 25.7 Å². The Balaban J connectivity index is 5.16. The first-order valence-corrected chi connectivity index (χ1v) is 47.6. The van der Waals surface area contributed by atoms with Crippen LogP contribution >= 0.6 is 15.6 Å². The van der Waals surface area contributed by atoms with E-state index >= 15 is 0 Å². The fraction of sp³-hybridized carbons (Fsp3) is 0.953. The third-order valence-electron chi connectivity index (χ3n) is 20.3. The molecule has 0 aromatic rings. The number of aliphatic hydroxyl groups is 1. The average molecular weight is 1540 g/mol. The molecule has 624 valence electrons. The van der Waals surface area contributed by atoms with Crippen molar-refractivity contribution in [3.8, 4) is 0 Å². The van der Waals surface area contributed by atoms with E-state index < -0.39 is 97.5 Å². The Morgan fingerprint density at radius 2 is 0.438 bits per heavy atom. The van der Waals surface area contributed by atoms with Crippen LogP contribution in [0.4, 0.5) is 0 Å². The molecule has 0 bridgehead atoms. The Morgan fingerprint density at radius 1 is 0.257 bits per heavy atom. The van der Waals surface area contributed by atoms with Gasteiger partial charge in [-0.25, -0.2) is 9.13 Å². The molecule has 0 aliphatic carbocycles. The van der Waals surface area contributed by atoms with Crippen molar-refractivity contribution in [2.24, 2.45) is 5.92 Å². The number of hydrogen-bond donors (Lipinski definition) is 3. The second-order valence-electron chi connectivity index (χ2n) is 31.4. The molecule has 0 fully saturated rings. The van der Waals surface area contributed by atoms with Crippen LogP contribution in [-0.2, 0) is 65.4 Å². The van der Waals surface area contributed by atoms with E-state index in [1.165, 1.54) is 276 Å². The van der Waals surface area contributed by atoms with Gasteiger partial charge >= 0.3 is 39.5 Å². The van der Waals surface area contributed by atoms with Gasteiger partial charge in [-0.1, -0.05) is 413 Å². The molecule has 0 aromatic heterocycles. The van der Waals surface area contributed by atoms with E-state index in [0.29, 0.717) is 25.7 Å². The van der Waals surface area contributed by atoms with Gasteiger partial charge < -0.3 is 33.8 Å². The summed E-state index contributed by atoms with van der Waals surface area (Å²) in [7, 11) is -9.92. The Hall–Kier alpha value is -1.94. The minimum Gasteiger partial charge on any atom is -0.462 e. The van der Waals surface area contributed by atoms with Crippen LogP contribution in [0.5, 0.6) is 0 Å². The summed E-state index contributed by atoms with van der Waals surface area (Å²) in [6.07, 6.45) is 72.5. The van der Waals surface area contributed by atoms with E-state index in [9.17, 15) is 43.2 Å². The second-order valence-corrected chi connectivity index (χ2v) is 34.3. The summed E-state index contributed by atoms with van der Waals surface area (Å²) in [5.41, 5.74) is 0.